The van der Waals surface area contributed by atoms with Crippen LogP contribution in [0.1, 0.15) is 31.2 Å². The van der Waals surface area contributed by atoms with Gasteiger partial charge in [-0.25, -0.2) is 4.39 Å². The van der Waals surface area contributed by atoms with Gasteiger partial charge in [0.1, 0.15) is 5.82 Å². The van der Waals surface area contributed by atoms with Crippen LogP contribution in [-0.4, -0.2) is 50.2 Å². The number of carbonyl (C=O) groups is 1. The first-order valence-corrected chi connectivity index (χ1v) is 8.42. The topological polar surface area (TPSA) is 41.6 Å². The van der Waals surface area contributed by atoms with E-state index in [0.717, 1.165) is 57.5 Å². The molecule has 126 valence electrons. The molecule has 4 nitrogen and oxygen atoms in total. The second-order valence-corrected chi connectivity index (χ2v) is 6.67. The van der Waals surface area contributed by atoms with Crippen molar-refractivity contribution in [1.29, 1.82) is 0 Å². The van der Waals surface area contributed by atoms with Gasteiger partial charge in [-0.3, -0.25) is 4.79 Å². The minimum absolute atomic E-state index is 0.111. The van der Waals surface area contributed by atoms with Gasteiger partial charge >= 0.3 is 0 Å². The summed E-state index contributed by atoms with van der Waals surface area (Å²) in [5.41, 5.74) is 0.523. The van der Waals surface area contributed by atoms with Crippen LogP contribution in [0, 0.1) is 5.82 Å². The van der Waals surface area contributed by atoms with Crippen molar-refractivity contribution in [2.45, 2.75) is 37.1 Å². The molecule has 1 N–H and O–H groups in total. The summed E-state index contributed by atoms with van der Waals surface area (Å²) in [5, 5.41) is 3.22. The molecule has 1 aromatic carbocycles. The number of rotatable bonds is 6. The van der Waals surface area contributed by atoms with Crippen molar-refractivity contribution >= 4 is 5.91 Å². The minimum atomic E-state index is -0.416. The molecule has 1 aliphatic heterocycles. The van der Waals surface area contributed by atoms with E-state index in [1.54, 1.807) is 19.2 Å². The molecule has 2 aliphatic rings. The number of hydrogen-bond donors (Lipinski definition) is 1. The molecule has 0 spiro atoms. The van der Waals surface area contributed by atoms with Crippen LogP contribution in [0.3, 0.4) is 0 Å². The molecule has 1 amide bonds. The number of halogens is 1. The molecule has 2 fully saturated rings. The maximum atomic E-state index is 13.1. The van der Waals surface area contributed by atoms with Crippen LogP contribution in [0.25, 0.3) is 0 Å². The molecule has 0 aromatic heterocycles. The predicted octanol–water partition coefficient (Wildman–Crippen LogP) is 2.08. The van der Waals surface area contributed by atoms with Crippen LogP contribution in [0.2, 0.25) is 0 Å². The first kappa shape index (κ1) is 16.4. The van der Waals surface area contributed by atoms with E-state index in [-0.39, 0.29) is 17.8 Å². The van der Waals surface area contributed by atoms with E-state index < -0.39 is 5.41 Å². The summed E-state index contributed by atoms with van der Waals surface area (Å²) in [6, 6.07) is 6.62. The molecule has 1 heterocycles. The summed E-state index contributed by atoms with van der Waals surface area (Å²) in [6.45, 7) is 3.71. The van der Waals surface area contributed by atoms with E-state index in [9.17, 15) is 9.18 Å². The average Bonchev–Trinajstić information content (AvgIpc) is 3.37. The van der Waals surface area contributed by atoms with E-state index in [1.807, 2.05) is 0 Å². The highest BCUT2D eigenvalue weighted by Gasteiger charge is 2.51. The number of benzene rings is 1. The number of hydrogen-bond acceptors (Lipinski definition) is 3. The molecular weight excluding hydrogens is 295 g/mol. The average molecular weight is 320 g/mol. The number of ether oxygens (including phenoxy) is 1. The second kappa shape index (κ2) is 6.97. The van der Waals surface area contributed by atoms with Crippen molar-refractivity contribution in [3.63, 3.8) is 0 Å². The maximum Gasteiger partial charge on any atom is 0.230 e. The Morgan fingerprint density at radius 1 is 1.30 bits per heavy atom. The second-order valence-electron chi connectivity index (χ2n) is 6.67. The molecule has 1 aliphatic carbocycles. The third kappa shape index (κ3) is 3.72. The molecule has 1 saturated heterocycles. The Labute approximate surface area is 137 Å². The number of nitrogens with one attached hydrogen (secondary N) is 1. The quantitative estimate of drug-likeness (QED) is 0.872. The molecule has 0 bridgehead atoms. The Hall–Kier alpha value is -1.46. The summed E-state index contributed by atoms with van der Waals surface area (Å²) in [7, 11) is 1.72. The van der Waals surface area contributed by atoms with E-state index in [4.69, 9.17) is 4.74 Å². The fourth-order valence-electron chi connectivity index (χ4n) is 3.39. The SMILES string of the molecule is COCCN1CCC(NC(=O)C2(c3ccc(F)cc3)CC2)CC1. The van der Waals surface area contributed by atoms with Gasteiger partial charge in [-0.2, -0.15) is 0 Å². The third-order valence-corrected chi connectivity index (χ3v) is 5.12. The molecular formula is C18H25FN2O2. The van der Waals surface area contributed by atoms with Gasteiger partial charge in [-0.05, 0) is 43.4 Å². The molecule has 1 saturated carbocycles. The summed E-state index contributed by atoms with van der Waals surface area (Å²) in [6.07, 6.45) is 3.68. The predicted molar refractivity (Wildman–Crippen MR) is 86.8 cm³/mol. The Kier molecular flexibility index (Phi) is 4.97. The highest BCUT2D eigenvalue weighted by atomic mass is 19.1. The van der Waals surface area contributed by atoms with E-state index in [0.29, 0.717) is 0 Å². The maximum absolute atomic E-state index is 13.1. The Balaban J connectivity index is 1.53. The zero-order chi connectivity index (χ0) is 16.3. The monoisotopic (exact) mass is 320 g/mol. The molecule has 0 radical (unpaired) electrons. The lowest BCUT2D eigenvalue weighted by Crippen LogP contribution is -2.48. The number of nitrogens with zero attached hydrogens (tertiary/aromatic N) is 1. The summed E-state index contributed by atoms with van der Waals surface area (Å²) >= 11 is 0. The Morgan fingerprint density at radius 2 is 1.96 bits per heavy atom. The van der Waals surface area contributed by atoms with Crippen molar-refractivity contribution in [2.24, 2.45) is 0 Å². The zero-order valence-electron chi connectivity index (χ0n) is 13.7. The Bertz CT molecular complexity index is 534. The zero-order valence-corrected chi connectivity index (χ0v) is 13.7. The van der Waals surface area contributed by atoms with E-state index in [1.165, 1.54) is 12.1 Å². The summed E-state index contributed by atoms with van der Waals surface area (Å²) < 4.78 is 18.2. The summed E-state index contributed by atoms with van der Waals surface area (Å²) in [4.78, 5) is 15.1. The van der Waals surface area contributed by atoms with E-state index in [2.05, 4.69) is 10.2 Å². The molecule has 1 aromatic rings. The van der Waals surface area contributed by atoms with Crippen LogP contribution >= 0.6 is 0 Å². The number of methoxy groups -OCH3 is 1. The number of likely N-dealkylation sites (tertiary alicyclic amines) is 1. The summed E-state index contributed by atoms with van der Waals surface area (Å²) in [5.74, 6) is -0.146. The molecule has 0 atom stereocenters. The first-order valence-electron chi connectivity index (χ1n) is 8.42. The molecule has 5 heteroatoms. The number of piperidine rings is 1. The van der Waals surface area contributed by atoms with Crippen LogP contribution in [0.4, 0.5) is 4.39 Å². The molecule has 0 unspecified atom stereocenters. The van der Waals surface area contributed by atoms with Crippen molar-refractivity contribution < 1.29 is 13.9 Å². The van der Waals surface area contributed by atoms with Crippen LogP contribution in [-0.2, 0) is 14.9 Å². The van der Waals surface area contributed by atoms with Gasteiger partial charge in [-0.1, -0.05) is 12.1 Å². The van der Waals surface area contributed by atoms with Crippen LogP contribution in [0.15, 0.2) is 24.3 Å². The third-order valence-electron chi connectivity index (χ3n) is 5.12. The lowest BCUT2D eigenvalue weighted by atomic mass is 9.93. The van der Waals surface area contributed by atoms with Gasteiger partial charge in [0.25, 0.3) is 0 Å². The van der Waals surface area contributed by atoms with Crippen LogP contribution < -0.4 is 5.32 Å². The molecule has 3 rings (SSSR count). The normalized spacial score (nSPS) is 21.1. The fourth-order valence-corrected chi connectivity index (χ4v) is 3.39. The lowest BCUT2D eigenvalue weighted by Gasteiger charge is -2.33. The number of carbonyl (C=O) groups excluding carboxylic acids is 1. The lowest BCUT2D eigenvalue weighted by molar-refractivity contribution is -0.124. The van der Waals surface area contributed by atoms with Gasteiger partial charge in [0.05, 0.1) is 12.0 Å². The van der Waals surface area contributed by atoms with Crippen molar-refractivity contribution in [1.82, 2.24) is 10.2 Å². The van der Waals surface area contributed by atoms with Crippen LogP contribution in [0.5, 0.6) is 0 Å². The minimum Gasteiger partial charge on any atom is -0.383 e. The highest BCUT2D eigenvalue weighted by Crippen LogP contribution is 2.48. The smallest absolute Gasteiger partial charge is 0.230 e. The van der Waals surface area contributed by atoms with Gasteiger partial charge in [0.15, 0.2) is 0 Å². The molecule has 23 heavy (non-hydrogen) atoms. The van der Waals surface area contributed by atoms with Crippen molar-refractivity contribution in [3.8, 4) is 0 Å². The van der Waals surface area contributed by atoms with Crippen molar-refractivity contribution in [2.75, 3.05) is 33.4 Å². The standard InChI is InChI=1S/C18H25FN2O2/c1-23-13-12-21-10-6-16(7-11-21)20-17(22)18(8-9-18)14-2-4-15(19)5-3-14/h2-5,16H,6-13H2,1H3,(H,20,22). The van der Waals surface area contributed by atoms with Gasteiger partial charge in [0, 0.05) is 32.8 Å². The Morgan fingerprint density at radius 3 is 2.52 bits per heavy atom. The van der Waals surface area contributed by atoms with Gasteiger partial charge in [-0.15, -0.1) is 0 Å². The first-order chi connectivity index (χ1) is 11.1. The largest absolute Gasteiger partial charge is 0.383 e. The fraction of sp³-hybridized carbons (Fsp3) is 0.611. The van der Waals surface area contributed by atoms with Gasteiger partial charge < -0.3 is 15.0 Å². The highest BCUT2D eigenvalue weighted by molar-refractivity contribution is 5.91. The van der Waals surface area contributed by atoms with E-state index >= 15 is 0 Å². The number of amides is 1. The van der Waals surface area contributed by atoms with Gasteiger partial charge in [0.2, 0.25) is 5.91 Å². The van der Waals surface area contributed by atoms with Crippen molar-refractivity contribution in [3.05, 3.63) is 35.6 Å².